The molecule has 0 aliphatic carbocycles. The summed E-state index contributed by atoms with van der Waals surface area (Å²) in [5.74, 6) is -6.76. The summed E-state index contributed by atoms with van der Waals surface area (Å²) in [5.41, 5.74) is 0.358. The molecule has 1 aliphatic heterocycles. The van der Waals surface area contributed by atoms with Crippen LogP contribution >= 0.6 is 0 Å². The van der Waals surface area contributed by atoms with Crippen LogP contribution in [0.25, 0.3) is 0 Å². The van der Waals surface area contributed by atoms with E-state index in [2.05, 4.69) is 0 Å². The molecule has 1 unspecified atom stereocenters. The first kappa shape index (κ1) is 16.0. The quantitative estimate of drug-likeness (QED) is 0.626. The summed E-state index contributed by atoms with van der Waals surface area (Å²) in [4.78, 5) is 25.7. The Labute approximate surface area is 135 Å². The molecule has 24 heavy (non-hydrogen) atoms. The highest BCUT2D eigenvalue weighted by Gasteiger charge is 2.38. The van der Waals surface area contributed by atoms with Crippen LogP contribution in [0.2, 0.25) is 0 Å². The summed E-state index contributed by atoms with van der Waals surface area (Å²) in [6, 6.07) is 8.16. The van der Waals surface area contributed by atoms with Crippen LogP contribution in [0.5, 0.6) is 0 Å². The number of carbonyl (C=O) groups excluding carboxylic acids is 2. The highest BCUT2D eigenvalue weighted by Crippen LogP contribution is 2.37. The van der Waals surface area contributed by atoms with E-state index in [0.717, 1.165) is 11.0 Å². The Bertz CT molecular complexity index is 838. The van der Waals surface area contributed by atoms with Crippen molar-refractivity contribution in [3.63, 3.8) is 0 Å². The summed E-state index contributed by atoms with van der Waals surface area (Å²) >= 11 is 0. The molecular weight excluding hydrogens is 323 g/mol. The highest BCUT2D eigenvalue weighted by atomic mass is 19.2. The number of carbonyl (C=O) groups is 2. The van der Waals surface area contributed by atoms with Crippen molar-refractivity contribution in [3.8, 4) is 0 Å². The molecule has 2 aromatic rings. The molecular formula is C17H12F3NO3. The van der Waals surface area contributed by atoms with Gasteiger partial charge in [-0.25, -0.2) is 13.2 Å². The summed E-state index contributed by atoms with van der Waals surface area (Å²) in [6.45, 7) is -0.0662. The molecule has 0 saturated heterocycles. The van der Waals surface area contributed by atoms with E-state index in [1.54, 1.807) is 24.3 Å². The molecule has 0 fully saturated rings. The number of methoxy groups -OCH3 is 1. The Morgan fingerprint density at radius 1 is 1.08 bits per heavy atom. The molecule has 1 aliphatic rings. The maximum absolute atomic E-state index is 13.9. The lowest BCUT2D eigenvalue weighted by Crippen LogP contribution is -2.32. The fourth-order valence-electron chi connectivity index (χ4n) is 2.78. The number of rotatable bonds is 2. The van der Waals surface area contributed by atoms with E-state index in [-0.39, 0.29) is 6.54 Å². The van der Waals surface area contributed by atoms with Crippen LogP contribution in [0, 0.1) is 17.5 Å². The molecule has 3 rings (SSSR count). The zero-order valence-electron chi connectivity index (χ0n) is 12.6. The summed E-state index contributed by atoms with van der Waals surface area (Å²) in [7, 11) is 1.23. The zero-order valence-corrected chi connectivity index (χ0v) is 12.6. The third-order valence-electron chi connectivity index (χ3n) is 3.96. The number of para-hydroxylation sites is 1. The number of esters is 1. The van der Waals surface area contributed by atoms with Gasteiger partial charge < -0.3 is 9.64 Å². The molecule has 0 spiro atoms. The third kappa shape index (κ3) is 2.42. The van der Waals surface area contributed by atoms with Gasteiger partial charge in [-0.3, -0.25) is 9.59 Å². The maximum Gasteiger partial charge on any atom is 0.315 e. The molecule has 0 bridgehead atoms. The predicted octanol–water partition coefficient (Wildman–Crippen LogP) is 3.02. The van der Waals surface area contributed by atoms with Gasteiger partial charge in [0.2, 0.25) is 0 Å². The number of fused-ring (bicyclic) bond motifs is 1. The number of anilines is 1. The van der Waals surface area contributed by atoms with Gasteiger partial charge in [-0.05, 0) is 23.8 Å². The maximum atomic E-state index is 13.9. The molecule has 0 N–H and O–H groups in total. The molecule has 2 aromatic carbocycles. The van der Waals surface area contributed by atoms with E-state index < -0.39 is 40.8 Å². The van der Waals surface area contributed by atoms with E-state index in [4.69, 9.17) is 4.74 Å². The second kappa shape index (κ2) is 5.99. The Kier molecular flexibility index (Phi) is 4.01. The molecule has 4 nitrogen and oxygen atoms in total. The summed E-state index contributed by atoms with van der Waals surface area (Å²) in [5, 5.41) is 0. The average Bonchev–Trinajstić information content (AvgIpc) is 2.98. The normalized spacial score (nSPS) is 16.0. The molecule has 0 saturated carbocycles. The summed E-state index contributed by atoms with van der Waals surface area (Å²) in [6.07, 6.45) is 0. The number of benzene rings is 2. The molecule has 1 amide bonds. The first-order valence-corrected chi connectivity index (χ1v) is 7.07. The van der Waals surface area contributed by atoms with Crippen LogP contribution in [0.4, 0.5) is 18.9 Å². The molecule has 0 aromatic heterocycles. The minimum Gasteiger partial charge on any atom is -0.468 e. The average molecular weight is 335 g/mol. The van der Waals surface area contributed by atoms with Crippen molar-refractivity contribution < 1.29 is 27.5 Å². The Morgan fingerprint density at radius 3 is 2.50 bits per heavy atom. The van der Waals surface area contributed by atoms with Crippen molar-refractivity contribution in [1.82, 2.24) is 0 Å². The molecule has 1 atom stereocenters. The number of amides is 1. The van der Waals surface area contributed by atoms with Gasteiger partial charge in [0, 0.05) is 12.2 Å². The van der Waals surface area contributed by atoms with Crippen molar-refractivity contribution in [2.45, 2.75) is 5.92 Å². The van der Waals surface area contributed by atoms with Gasteiger partial charge in [0.1, 0.15) is 5.92 Å². The van der Waals surface area contributed by atoms with Crippen molar-refractivity contribution in [1.29, 1.82) is 0 Å². The number of ether oxygens (including phenoxy) is 1. The van der Waals surface area contributed by atoms with Crippen LogP contribution in [-0.2, 0) is 9.53 Å². The van der Waals surface area contributed by atoms with E-state index in [9.17, 15) is 22.8 Å². The predicted molar refractivity (Wildman–Crippen MR) is 79.2 cm³/mol. The Balaban J connectivity index is 2.03. The molecule has 124 valence electrons. The standard InChI is InChI=1S/C17H12F3NO3/c1-24-17(23)11-8-21(13-5-3-2-4-9(11)13)16(22)10-6-7-12(18)15(20)14(10)19/h2-7,11H,8H2,1H3. The first-order chi connectivity index (χ1) is 11.5. The van der Waals surface area contributed by atoms with Crippen LogP contribution in [0.3, 0.4) is 0 Å². The van der Waals surface area contributed by atoms with Gasteiger partial charge in [0.25, 0.3) is 5.91 Å². The van der Waals surface area contributed by atoms with Gasteiger partial charge in [-0.1, -0.05) is 18.2 Å². The smallest absolute Gasteiger partial charge is 0.315 e. The van der Waals surface area contributed by atoms with Crippen molar-refractivity contribution >= 4 is 17.6 Å². The second-order valence-electron chi connectivity index (χ2n) is 5.27. The molecule has 0 radical (unpaired) electrons. The van der Waals surface area contributed by atoms with Gasteiger partial charge in [-0.15, -0.1) is 0 Å². The van der Waals surface area contributed by atoms with E-state index in [0.29, 0.717) is 17.3 Å². The van der Waals surface area contributed by atoms with Crippen LogP contribution in [0.1, 0.15) is 21.8 Å². The number of nitrogens with zero attached hydrogens (tertiary/aromatic N) is 1. The lowest BCUT2D eigenvalue weighted by molar-refractivity contribution is -0.141. The van der Waals surface area contributed by atoms with Crippen molar-refractivity contribution in [3.05, 3.63) is 65.0 Å². The van der Waals surface area contributed by atoms with Crippen molar-refractivity contribution in [2.24, 2.45) is 0 Å². The van der Waals surface area contributed by atoms with E-state index in [1.807, 2.05) is 0 Å². The van der Waals surface area contributed by atoms with Crippen LogP contribution in [-0.4, -0.2) is 25.5 Å². The topological polar surface area (TPSA) is 46.6 Å². The van der Waals surface area contributed by atoms with Gasteiger partial charge in [-0.2, -0.15) is 0 Å². The molecule has 7 heteroatoms. The second-order valence-corrected chi connectivity index (χ2v) is 5.27. The monoisotopic (exact) mass is 335 g/mol. The van der Waals surface area contributed by atoms with Crippen LogP contribution < -0.4 is 4.90 Å². The lowest BCUT2D eigenvalue weighted by atomic mass is 10.0. The largest absolute Gasteiger partial charge is 0.468 e. The van der Waals surface area contributed by atoms with Crippen LogP contribution in [0.15, 0.2) is 36.4 Å². The molecule has 1 heterocycles. The SMILES string of the molecule is COC(=O)C1CN(C(=O)c2ccc(F)c(F)c2F)c2ccccc21. The van der Waals surface area contributed by atoms with Gasteiger partial charge in [0.05, 0.1) is 12.7 Å². The van der Waals surface area contributed by atoms with Crippen molar-refractivity contribution in [2.75, 3.05) is 18.6 Å². The fraction of sp³-hybridized carbons (Fsp3) is 0.176. The number of hydrogen-bond acceptors (Lipinski definition) is 3. The van der Waals surface area contributed by atoms with Gasteiger partial charge in [0.15, 0.2) is 17.5 Å². The first-order valence-electron chi connectivity index (χ1n) is 7.07. The third-order valence-corrected chi connectivity index (χ3v) is 3.96. The fourth-order valence-corrected chi connectivity index (χ4v) is 2.78. The lowest BCUT2D eigenvalue weighted by Gasteiger charge is -2.18. The minimum atomic E-state index is -1.71. The van der Waals surface area contributed by atoms with E-state index in [1.165, 1.54) is 7.11 Å². The zero-order chi connectivity index (χ0) is 17.4. The number of hydrogen-bond donors (Lipinski definition) is 0. The highest BCUT2D eigenvalue weighted by molar-refractivity contribution is 6.09. The minimum absolute atomic E-state index is 0.0662. The Hall–Kier alpha value is -2.83. The Morgan fingerprint density at radius 2 is 1.79 bits per heavy atom. The van der Waals surface area contributed by atoms with E-state index >= 15 is 0 Å². The number of halogens is 3. The van der Waals surface area contributed by atoms with Gasteiger partial charge >= 0.3 is 5.97 Å². The summed E-state index contributed by atoms with van der Waals surface area (Å²) < 4.78 is 45.1.